The van der Waals surface area contributed by atoms with Crippen LogP contribution >= 0.6 is 0 Å². The molecule has 0 fully saturated rings. The number of furan rings is 1. The van der Waals surface area contributed by atoms with Gasteiger partial charge in [-0.25, -0.2) is 0 Å². The van der Waals surface area contributed by atoms with E-state index in [0.29, 0.717) is 13.1 Å². The van der Waals surface area contributed by atoms with Crippen molar-refractivity contribution < 1.29 is 18.7 Å². The molecule has 6 nitrogen and oxygen atoms in total. The Morgan fingerprint density at radius 2 is 2.25 bits per heavy atom. The minimum absolute atomic E-state index is 0.0967. The number of amides is 1. The highest BCUT2D eigenvalue weighted by molar-refractivity contribution is 5.78. The van der Waals surface area contributed by atoms with Gasteiger partial charge in [-0.05, 0) is 25.6 Å². The second kappa shape index (κ2) is 8.37. The van der Waals surface area contributed by atoms with Crippen molar-refractivity contribution >= 4 is 11.9 Å². The number of nitrogens with zero attached hydrogens (tertiary/aromatic N) is 1. The first-order valence-corrected chi connectivity index (χ1v) is 6.68. The summed E-state index contributed by atoms with van der Waals surface area (Å²) in [6, 6.07) is 3.43. The summed E-state index contributed by atoms with van der Waals surface area (Å²) in [6.45, 7) is 5.26. The van der Waals surface area contributed by atoms with Gasteiger partial charge in [0.05, 0.1) is 32.4 Å². The van der Waals surface area contributed by atoms with Crippen molar-refractivity contribution in [2.75, 3.05) is 26.7 Å². The van der Waals surface area contributed by atoms with Crippen LogP contribution in [-0.4, -0.2) is 43.5 Å². The van der Waals surface area contributed by atoms with Crippen LogP contribution in [0.25, 0.3) is 0 Å². The molecule has 0 aliphatic rings. The van der Waals surface area contributed by atoms with Crippen molar-refractivity contribution in [3.8, 4) is 0 Å². The molecular formula is C14H22N2O4. The minimum Gasteiger partial charge on any atom is -0.469 e. The molecule has 0 saturated carbocycles. The van der Waals surface area contributed by atoms with Crippen LogP contribution in [0.3, 0.4) is 0 Å². The molecule has 0 aliphatic carbocycles. The van der Waals surface area contributed by atoms with Gasteiger partial charge in [-0.15, -0.1) is 0 Å². The summed E-state index contributed by atoms with van der Waals surface area (Å²) < 4.78 is 9.82. The van der Waals surface area contributed by atoms with Crippen molar-refractivity contribution in [1.29, 1.82) is 0 Å². The smallest absolute Gasteiger partial charge is 0.306 e. The van der Waals surface area contributed by atoms with Gasteiger partial charge in [0.1, 0.15) is 5.76 Å². The standard InChI is InChI=1S/C14H22N2O4/c1-4-16(8-7-14(18)19-3)10-13(17)15-11(2)12-6-5-9-20-12/h5-6,9,11H,4,7-8,10H2,1-3H3,(H,15,17). The lowest BCUT2D eigenvalue weighted by molar-refractivity contribution is -0.141. The van der Waals surface area contributed by atoms with Gasteiger partial charge in [0.25, 0.3) is 0 Å². The van der Waals surface area contributed by atoms with E-state index in [1.54, 1.807) is 12.3 Å². The summed E-state index contributed by atoms with van der Waals surface area (Å²) in [4.78, 5) is 24.9. The van der Waals surface area contributed by atoms with Crippen molar-refractivity contribution in [2.24, 2.45) is 0 Å². The van der Waals surface area contributed by atoms with E-state index >= 15 is 0 Å². The highest BCUT2D eigenvalue weighted by atomic mass is 16.5. The number of hydrogen-bond donors (Lipinski definition) is 1. The molecule has 112 valence electrons. The number of rotatable bonds is 8. The van der Waals surface area contributed by atoms with Crippen LogP contribution in [-0.2, 0) is 14.3 Å². The third-order valence-corrected chi connectivity index (χ3v) is 3.02. The summed E-state index contributed by atoms with van der Waals surface area (Å²) >= 11 is 0. The monoisotopic (exact) mass is 282 g/mol. The van der Waals surface area contributed by atoms with E-state index in [1.807, 2.05) is 24.8 Å². The van der Waals surface area contributed by atoms with E-state index in [2.05, 4.69) is 10.1 Å². The van der Waals surface area contributed by atoms with E-state index < -0.39 is 0 Å². The van der Waals surface area contributed by atoms with Gasteiger partial charge in [-0.3, -0.25) is 14.5 Å². The number of hydrogen-bond acceptors (Lipinski definition) is 5. The Hall–Kier alpha value is -1.82. The minimum atomic E-state index is -0.271. The van der Waals surface area contributed by atoms with Crippen LogP contribution in [0.5, 0.6) is 0 Å². The van der Waals surface area contributed by atoms with Crippen molar-refractivity contribution in [2.45, 2.75) is 26.3 Å². The number of likely N-dealkylation sites (N-methyl/N-ethyl adjacent to an activating group) is 1. The summed E-state index contributed by atoms with van der Waals surface area (Å²) in [7, 11) is 1.36. The Morgan fingerprint density at radius 1 is 1.50 bits per heavy atom. The molecule has 0 saturated heterocycles. The molecule has 1 atom stereocenters. The average Bonchev–Trinajstić information content (AvgIpc) is 2.97. The number of methoxy groups -OCH3 is 1. The summed E-state index contributed by atoms with van der Waals surface area (Å²) in [5, 5.41) is 2.86. The molecule has 1 amide bonds. The number of ether oxygens (including phenoxy) is 1. The van der Waals surface area contributed by atoms with Gasteiger partial charge in [-0.1, -0.05) is 6.92 Å². The Kier molecular flexibility index (Phi) is 6.79. The molecule has 0 radical (unpaired) electrons. The maximum Gasteiger partial charge on any atom is 0.306 e. The molecule has 1 N–H and O–H groups in total. The van der Waals surface area contributed by atoms with E-state index in [1.165, 1.54) is 7.11 Å². The first-order chi connectivity index (χ1) is 9.56. The second-order valence-corrected chi connectivity index (χ2v) is 4.50. The molecule has 1 unspecified atom stereocenters. The highest BCUT2D eigenvalue weighted by Crippen LogP contribution is 2.11. The van der Waals surface area contributed by atoms with Crippen molar-refractivity contribution in [3.63, 3.8) is 0 Å². The molecule has 0 aliphatic heterocycles. The van der Waals surface area contributed by atoms with E-state index in [0.717, 1.165) is 5.76 Å². The van der Waals surface area contributed by atoms with Crippen LogP contribution in [0.2, 0.25) is 0 Å². The summed E-state index contributed by atoms with van der Waals surface area (Å²) in [6.07, 6.45) is 1.86. The molecule has 1 aromatic heterocycles. The fourth-order valence-corrected chi connectivity index (χ4v) is 1.80. The Bertz CT molecular complexity index is 417. The topological polar surface area (TPSA) is 71.8 Å². The molecular weight excluding hydrogens is 260 g/mol. The van der Waals surface area contributed by atoms with Gasteiger partial charge in [-0.2, -0.15) is 0 Å². The molecule has 1 rings (SSSR count). The van der Waals surface area contributed by atoms with Gasteiger partial charge in [0.15, 0.2) is 0 Å². The Balaban J connectivity index is 2.37. The number of esters is 1. The first kappa shape index (κ1) is 16.2. The highest BCUT2D eigenvalue weighted by Gasteiger charge is 2.15. The number of carbonyl (C=O) groups is 2. The Labute approximate surface area is 119 Å². The van der Waals surface area contributed by atoms with Crippen LogP contribution in [0.15, 0.2) is 22.8 Å². The zero-order chi connectivity index (χ0) is 15.0. The molecule has 1 heterocycles. The van der Waals surface area contributed by atoms with Crippen LogP contribution < -0.4 is 5.32 Å². The second-order valence-electron chi connectivity index (χ2n) is 4.50. The van der Waals surface area contributed by atoms with Gasteiger partial charge >= 0.3 is 5.97 Å². The normalized spacial score (nSPS) is 12.2. The fraction of sp³-hybridized carbons (Fsp3) is 0.571. The SMILES string of the molecule is CCN(CCC(=O)OC)CC(=O)NC(C)c1ccco1. The summed E-state index contributed by atoms with van der Waals surface area (Å²) in [5.74, 6) is 0.351. The van der Waals surface area contributed by atoms with Crippen LogP contribution in [0.1, 0.15) is 32.1 Å². The largest absolute Gasteiger partial charge is 0.469 e. The lowest BCUT2D eigenvalue weighted by Crippen LogP contribution is -2.39. The Morgan fingerprint density at radius 3 is 2.80 bits per heavy atom. The van der Waals surface area contributed by atoms with Crippen molar-refractivity contribution in [3.05, 3.63) is 24.2 Å². The van der Waals surface area contributed by atoms with Crippen molar-refractivity contribution in [1.82, 2.24) is 10.2 Å². The third-order valence-electron chi connectivity index (χ3n) is 3.02. The molecule has 1 aromatic rings. The summed E-state index contributed by atoms with van der Waals surface area (Å²) in [5.41, 5.74) is 0. The maximum absolute atomic E-state index is 11.9. The molecule has 6 heteroatoms. The third kappa shape index (κ3) is 5.44. The fourth-order valence-electron chi connectivity index (χ4n) is 1.80. The lowest BCUT2D eigenvalue weighted by atomic mass is 10.2. The molecule has 0 bridgehead atoms. The van der Waals surface area contributed by atoms with E-state index in [9.17, 15) is 9.59 Å². The zero-order valence-electron chi connectivity index (χ0n) is 12.2. The lowest BCUT2D eigenvalue weighted by Gasteiger charge is -2.20. The first-order valence-electron chi connectivity index (χ1n) is 6.68. The van der Waals surface area contributed by atoms with Gasteiger partial charge in [0, 0.05) is 6.54 Å². The zero-order valence-corrected chi connectivity index (χ0v) is 12.2. The van der Waals surface area contributed by atoms with Gasteiger partial charge in [0.2, 0.25) is 5.91 Å². The van der Waals surface area contributed by atoms with Crippen LogP contribution in [0, 0.1) is 0 Å². The average molecular weight is 282 g/mol. The molecule has 0 spiro atoms. The van der Waals surface area contributed by atoms with E-state index in [4.69, 9.17) is 4.42 Å². The van der Waals surface area contributed by atoms with Gasteiger partial charge < -0.3 is 14.5 Å². The molecule has 20 heavy (non-hydrogen) atoms. The van der Waals surface area contributed by atoms with Crippen LogP contribution in [0.4, 0.5) is 0 Å². The molecule has 0 aromatic carbocycles. The quantitative estimate of drug-likeness (QED) is 0.729. The number of nitrogens with one attached hydrogen (secondary N) is 1. The number of carbonyl (C=O) groups excluding carboxylic acids is 2. The predicted octanol–water partition coefficient (Wildman–Crippen LogP) is 1.34. The maximum atomic E-state index is 11.9. The predicted molar refractivity (Wildman–Crippen MR) is 74.0 cm³/mol. The van der Waals surface area contributed by atoms with E-state index in [-0.39, 0.29) is 30.9 Å².